The highest BCUT2D eigenvalue weighted by atomic mass is 35.5. The summed E-state index contributed by atoms with van der Waals surface area (Å²) in [5.74, 6) is 0.426. The zero-order valence-corrected chi connectivity index (χ0v) is 17.4. The maximum absolute atomic E-state index is 12.3. The second-order valence-corrected chi connectivity index (χ2v) is 8.27. The monoisotopic (exact) mass is 420 g/mol. The molecule has 3 aromatic carbocycles. The Bertz CT molecular complexity index is 1110. The minimum atomic E-state index is 0.0355. The Morgan fingerprint density at radius 2 is 1.62 bits per heavy atom. The summed E-state index contributed by atoms with van der Waals surface area (Å²) in [7, 11) is 0. The number of rotatable bonds is 7. The number of hydrogen-bond donors (Lipinski definition) is 1. The van der Waals surface area contributed by atoms with Crippen LogP contribution in [0, 0.1) is 0 Å². The van der Waals surface area contributed by atoms with Gasteiger partial charge in [0, 0.05) is 40.1 Å². The van der Waals surface area contributed by atoms with Gasteiger partial charge in [-0.05, 0) is 29.3 Å². The Morgan fingerprint density at radius 1 is 0.897 bits per heavy atom. The van der Waals surface area contributed by atoms with Crippen molar-refractivity contribution in [1.29, 1.82) is 0 Å². The van der Waals surface area contributed by atoms with E-state index in [0.29, 0.717) is 12.3 Å². The van der Waals surface area contributed by atoms with E-state index in [0.717, 1.165) is 27.5 Å². The fraction of sp³-hybridized carbons (Fsp3) is 0.125. The van der Waals surface area contributed by atoms with E-state index < -0.39 is 0 Å². The van der Waals surface area contributed by atoms with Crippen molar-refractivity contribution in [3.8, 4) is 0 Å². The van der Waals surface area contributed by atoms with Gasteiger partial charge in [-0.3, -0.25) is 4.79 Å². The molecule has 29 heavy (non-hydrogen) atoms. The minimum Gasteiger partial charge on any atom is -0.351 e. The van der Waals surface area contributed by atoms with Gasteiger partial charge in [-0.2, -0.15) is 0 Å². The summed E-state index contributed by atoms with van der Waals surface area (Å²) in [4.78, 5) is 13.4. The zero-order valence-electron chi connectivity index (χ0n) is 15.8. The van der Waals surface area contributed by atoms with E-state index in [1.54, 1.807) is 11.8 Å². The number of halogens is 1. The van der Waals surface area contributed by atoms with Crippen LogP contribution in [0.1, 0.15) is 11.1 Å². The van der Waals surface area contributed by atoms with Gasteiger partial charge in [-0.15, -0.1) is 11.8 Å². The highest BCUT2D eigenvalue weighted by Gasteiger charge is 2.11. The molecule has 0 aliphatic rings. The van der Waals surface area contributed by atoms with Crippen molar-refractivity contribution < 1.29 is 4.79 Å². The van der Waals surface area contributed by atoms with Crippen LogP contribution < -0.4 is 5.32 Å². The molecule has 1 N–H and O–H groups in total. The third kappa shape index (κ3) is 5.03. The number of carbonyl (C=O) groups excluding carboxylic acids is 1. The van der Waals surface area contributed by atoms with Crippen LogP contribution in [-0.4, -0.2) is 16.2 Å². The molecule has 5 heteroatoms. The standard InChI is InChI=1S/C24H21ClN2OS/c25-20-12-10-19(11-13-20)15-27-16-23(21-8-4-5-9-22(21)27)29-17-24(28)26-14-18-6-2-1-3-7-18/h1-13,16H,14-15,17H2,(H,26,28). The van der Waals surface area contributed by atoms with E-state index in [4.69, 9.17) is 11.6 Å². The van der Waals surface area contributed by atoms with Gasteiger partial charge in [0.25, 0.3) is 0 Å². The summed E-state index contributed by atoms with van der Waals surface area (Å²) in [6.07, 6.45) is 2.13. The number of benzene rings is 3. The highest BCUT2D eigenvalue weighted by molar-refractivity contribution is 8.00. The first kappa shape index (κ1) is 19.6. The average molecular weight is 421 g/mol. The van der Waals surface area contributed by atoms with Crippen LogP contribution in [0.3, 0.4) is 0 Å². The van der Waals surface area contributed by atoms with Crippen molar-refractivity contribution >= 4 is 40.2 Å². The van der Waals surface area contributed by atoms with E-state index in [1.165, 1.54) is 10.9 Å². The lowest BCUT2D eigenvalue weighted by Gasteiger charge is -2.05. The lowest BCUT2D eigenvalue weighted by atomic mass is 10.2. The molecule has 1 aromatic heterocycles. The topological polar surface area (TPSA) is 34.0 Å². The van der Waals surface area contributed by atoms with Crippen molar-refractivity contribution in [2.45, 2.75) is 18.0 Å². The molecule has 0 fully saturated rings. The highest BCUT2D eigenvalue weighted by Crippen LogP contribution is 2.30. The Morgan fingerprint density at radius 3 is 2.41 bits per heavy atom. The lowest BCUT2D eigenvalue weighted by Crippen LogP contribution is -2.24. The van der Waals surface area contributed by atoms with E-state index in [9.17, 15) is 4.79 Å². The van der Waals surface area contributed by atoms with Gasteiger partial charge in [0.1, 0.15) is 0 Å². The first-order valence-corrected chi connectivity index (χ1v) is 10.8. The van der Waals surface area contributed by atoms with Crippen molar-refractivity contribution in [3.05, 3.63) is 101 Å². The molecule has 0 aliphatic heterocycles. The second kappa shape index (κ2) is 9.21. The largest absolute Gasteiger partial charge is 0.351 e. The molecule has 0 unspecified atom stereocenters. The predicted octanol–water partition coefficient (Wildman–Crippen LogP) is 5.75. The van der Waals surface area contributed by atoms with Crippen LogP contribution in [0.25, 0.3) is 10.9 Å². The van der Waals surface area contributed by atoms with Crippen molar-refractivity contribution in [2.75, 3.05) is 5.75 Å². The molecular weight excluding hydrogens is 400 g/mol. The molecule has 0 bridgehead atoms. The first-order valence-electron chi connectivity index (χ1n) is 9.45. The van der Waals surface area contributed by atoms with Gasteiger partial charge in [0.05, 0.1) is 5.75 Å². The molecule has 1 heterocycles. The van der Waals surface area contributed by atoms with Gasteiger partial charge in [-0.25, -0.2) is 0 Å². The van der Waals surface area contributed by atoms with Crippen molar-refractivity contribution in [3.63, 3.8) is 0 Å². The van der Waals surface area contributed by atoms with Crippen LogP contribution in [0.2, 0.25) is 5.02 Å². The summed E-state index contributed by atoms with van der Waals surface area (Å²) < 4.78 is 2.22. The minimum absolute atomic E-state index is 0.0355. The summed E-state index contributed by atoms with van der Waals surface area (Å²) in [5.41, 5.74) is 3.45. The van der Waals surface area contributed by atoms with E-state index in [2.05, 4.69) is 28.2 Å². The second-order valence-electron chi connectivity index (χ2n) is 6.82. The first-order chi connectivity index (χ1) is 14.2. The molecule has 0 aliphatic carbocycles. The third-order valence-electron chi connectivity index (χ3n) is 4.71. The van der Waals surface area contributed by atoms with E-state index in [1.807, 2.05) is 66.7 Å². The Hall–Kier alpha value is -2.69. The normalized spacial score (nSPS) is 10.9. The van der Waals surface area contributed by atoms with Gasteiger partial charge in [0.15, 0.2) is 0 Å². The summed E-state index contributed by atoms with van der Waals surface area (Å²) in [6, 6.07) is 26.2. The third-order valence-corrected chi connectivity index (χ3v) is 6.00. The molecule has 0 radical (unpaired) electrons. The maximum atomic E-state index is 12.3. The molecule has 4 aromatic rings. The lowest BCUT2D eigenvalue weighted by molar-refractivity contribution is -0.118. The fourth-order valence-corrected chi connectivity index (χ4v) is 4.28. The van der Waals surface area contributed by atoms with Crippen molar-refractivity contribution in [2.24, 2.45) is 0 Å². The van der Waals surface area contributed by atoms with Crippen LogP contribution in [0.4, 0.5) is 0 Å². The molecule has 0 atom stereocenters. The van der Waals surface area contributed by atoms with Gasteiger partial charge in [-0.1, -0.05) is 72.3 Å². The van der Waals surface area contributed by atoms with Gasteiger partial charge in [0.2, 0.25) is 5.91 Å². The molecule has 1 amide bonds. The van der Waals surface area contributed by atoms with Crippen LogP contribution in [0.15, 0.2) is 90.0 Å². The maximum Gasteiger partial charge on any atom is 0.230 e. The zero-order chi connectivity index (χ0) is 20.1. The van der Waals surface area contributed by atoms with E-state index in [-0.39, 0.29) is 5.91 Å². The van der Waals surface area contributed by atoms with Gasteiger partial charge >= 0.3 is 0 Å². The Balaban J connectivity index is 1.44. The molecule has 146 valence electrons. The molecule has 0 saturated carbocycles. The number of hydrogen-bond acceptors (Lipinski definition) is 2. The van der Waals surface area contributed by atoms with Crippen molar-refractivity contribution in [1.82, 2.24) is 9.88 Å². The quantitative estimate of drug-likeness (QED) is 0.386. The average Bonchev–Trinajstić information content (AvgIpc) is 3.11. The molecule has 4 rings (SSSR count). The molecule has 0 saturated heterocycles. The predicted molar refractivity (Wildman–Crippen MR) is 122 cm³/mol. The molecule has 0 spiro atoms. The number of nitrogens with zero attached hydrogens (tertiary/aromatic N) is 1. The summed E-state index contributed by atoms with van der Waals surface area (Å²) >= 11 is 7.57. The molecular formula is C24H21ClN2OS. The SMILES string of the molecule is O=C(CSc1cn(Cc2ccc(Cl)cc2)c2ccccc12)NCc1ccccc1. The summed E-state index contributed by atoms with van der Waals surface area (Å²) in [5, 5.41) is 4.90. The summed E-state index contributed by atoms with van der Waals surface area (Å²) in [6.45, 7) is 1.32. The van der Waals surface area contributed by atoms with Crippen LogP contribution >= 0.6 is 23.4 Å². The van der Waals surface area contributed by atoms with Crippen LogP contribution in [-0.2, 0) is 17.9 Å². The number of amides is 1. The Labute approximate surface area is 179 Å². The smallest absolute Gasteiger partial charge is 0.230 e. The Kier molecular flexibility index (Phi) is 6.23. The van der Waals surface area contributed by atoms with Gasteiger partial charge < -0.3 is 9.88 Å². The number of para-hydroxylation sites is 1. The van der Waals surface area contributed by atoms with E-state index >= 15 is 0 Å². The fourth-order valence-electron chi connectivity index (χ4n) is 3.24. The van der Waals surface area contributed by atoms with Crippen LogP contribution in [0.5, 0.6) is 0 Å². The number of thioether (sulfide) groups is 1. The number of fused-ring (bicyclic) bond motifs is 1. The number of aromatic nitrogens is 1. The molecule has 3 nitrogen and oxygen atoms in total. The number of nitrogens with one attached hydrogen (secondary N) is 1. The number of carbonyl (C=O) groups is 1.